The SMILES string of the molecule is O=C(O)c1ccccc1OC1CCCCC1O. The molecule has 1 saturated carbocycles. The Hall–Kier alpha value is -1.55. The Labute approximate surface area is 99.8 Å². The molecule has 0 bridgehead atoms. The van der Waals surface area contributed by atoms with Gasteiger partial charge in [-0.15, -0.1) is 0 Å². The van der Waals surface area contributed by atoms with E-state index in [-0.39, 0.29) is 11.7 Å². The van der Waals surface area contributed by atoms with E-state index in [1.54, 1.807) is 18.2 Å². The zero-order valence-electron chi connectivity index (χ0n) is 9.50. The molecule has 0 spiro atoms. The molecule has 1 aliphatic rings. The predicted molar refractivity (Wildman–Crippen MR) is 62.3 cm³/mol. The van der Waals surface area contributed by atoms with Crippen LogP contribution in [-0.2, 0) is 0 Å². The first-order valence-corrected chi connectivity index (χ1v) is 5.85. The van der Waals surface area contributed by atoms with Crippen molar-refractivity contribution in [1.82, 2.24) is 0 Å². The first-order valence-electron chi connectivity index (χ1n) is 5.85. The Balaban J connectivity index is 2.14. The van der Waals surface area contributed by atoms with E-state index in [0.29, 0.717) is 5.75 Å². The monoisotopic (exact) mass is 236 g/mol. The molecule has 0 aromatic heterocycles. The molecule has 2 rings (SSSR count). The Morgan fingerprint density at radius 2 is 1.94 bits per heavy atom. The molecule has 0 aliphatic heterocycles. The Morgan fingerprint density at radius 1 is 1.24 bits per heavy atom. The van der Waals surface area contributed by atoms with Crippen molar-refractivity contribution in [1.29, 1.82) is 0 Å². The van der Waals surface area contributed by atoms with E-state index < -0.39 is 12.1 Å². The van der Waals surface area contributed by atoms with Crippen LogP contribution in [0, 0.1) is 0 Å². The van der Waals surface area contributed by atoms with Gasteiger partial charge in [0, 0.05) is 0 Å². The fourth-order valence-electron chi connectivity index (χ4n) is 2.12. The van der Waals surface area contributed by atoms with E-state index in [0.717, 1.165) is 25.7 Å². The molecule has 4 nitrogen and oxygen atoms in total. The van der Waals surface area contributed by atoms with E-state index in [1.165, 1.54) is 6.07 Å². The summed E-state index contributed by atoms with van der Waals surface area (Å²) >= 11 is 0. The number of hydrogen-bond acceptors (Lipinski definition) is 3. The number of rotatable bonds is 3. The average Bonchev–Trinajstić information content (AvgIpc) is 2.32. The summed E-state index contributed by atoms with van der Waals surface area (Å²) in [5.74, 6) is -0.670. The number of carbonyl (C=O) groups is 1. The van der Waals surface area contributed by atoms with Crippen molar-refractivity contribution >= 4 is 5.97 Å². The van der Waals surface area contributed by atoms with Crippen molar-refractivity contribution in [2.45, 2.75) is 37.9 Å². The fraction of sp³-hybridized carbons (Fsp3) is 0.462. The maximum Gasteiger partial charge on any atom is 0.339 e. The highest BCUT2D eigenvalue weighted by Gasteiger charge is 2.25. The zero-order chi connectivity index (χ0) is 12.3. The summed E-state index contributed by atoms with van der Waals surface area (Å²) in [4.78, 5) is 11.0. The van der Waals surface area contributed by atoms with E-state index in [9.17, 15) is 9.90 Å². The maximum atomic E-state index is 11.0. The second-order valence-electron chi connectivity index (χ2n) is 4.31. The molecular formula is C13H16O4. The van der Waals surface area contributed by atoms with Gasteiger partial charge < -0.3 is 14.9 Å². The first kappa shape index (κ1) is 11.9. The number of aromatic carboxylic acids is 1. The number of ether oxygens (including phenoxy) is 1. The molecule has 0 radical (unpaired) electrons. The van der Waals surface area contributed by atoms with Crippen molar-refractivity contribution in [3.8, 4) is 5.75 Å². The highest BCUT2D eigenvalue weighted by atomic mass is 16.5. The van der Waals surface area contributed by atoms with Gasteiger partial charge in [-0.05, 0) is 31.4 Å². The summed E-state index contributed by atoms with van der Waals surface area (Å²) in [5, 5.41) is 18.8. The van der Waals surface area contributed by atoms with Gasteiger partial charge in [-0.1, -0.05) is 18.6 Å². The third-order valence-electron chi connectivity index (χ3n) is 3.06. The molecule has 4 heteroatoms. The lowest BCUT2D eigenvalue weighted by atomic mass is 9.95. The van der Waals surface area contributed by atoms with Crippen LogP contribution in [-0.4, -0.2) is 28.4 Å². The first-order chi connectivity index (χ1) is 8.18. The maximum absolute atomic E-state index is 11.0. The molecule has 1 aliphatic carbocycles. The number of benzene rings is 1. The van der Waals surface area contributed by atoms with Crippen molar-refractivity contribution < 1.29 is 19.7 Å². The summed E-state index contributed by atoms with van der Waals surface area (Å²) in [5.41, 5.74) is 0.144. The summed E-state index contributed by atoms with van der Waals surface area (Å²) in [7, 11) is 0. The highest BCUT2D eigenvalue weighted by Crippen LogP contribution is 2.26. The molecule has 17 heavy (non-hydrogen) atoms. The largest absolute Gasteiger partial charge is 0.487 e. The second-order valence-corrected chi connectivity index (χ2v) is 4.31. The molecule has 2 atom stereocenters. The minimum Gasteiger partial charge on any atom is -0.487 e. The standard InChI is InChI=1S/C13H16O4/c14-10-6-2-4-8-12(10)17-11-7-3-1-5-9(11)13(15)16/h1,3,5,7,10,12,14H,2,4,6,8H2,(H,15,16). The molecule has 1 aromatic carbocycles. The summed E-state index contributed by atoms with van der Waals surface area (Å²) in [6, 6.07) is 6.53. The molecule has 0 saturated heterocycles. The predicted octanol–water partition coefficient (Wildman–Crippen LogP) is 2.07. The van der Waals surface area contributed by atoms with Gasteiger partial charge in [0.15, 0.2) is 0 Å². The normalized spacial score (nSPS) is 24.3. The Kier molecular flexibility index (Phi) is 3.64. The van der Waals surface area contributed by atoms with Gasteiger partial charge in [-0.25, -0.2) is 4.79 Å². The molecule has 2 N–H and O–H groups in total. The van der Waals surface area contributed by atoms with E-state index in [1.807, 2.05) is 0 Å². The lowest BCUT2D eigenvalue weighted by Gasteiger charge is -2.28. The quantitative estimate of drug-likeness (QED) is 0.843. The second kappa shape index (κ2) is 5.19. The van der Waals surface area contributed by atoms with Crippen molar-refractivity contribution in [2.24, 2.45) is 0 Å². The summed E-state index contributed by atoms with van der Waals surface area (Å²) in [6.07, 6.45) is 2.72. The zero-order valence-corrected chi connectivity index (χ0v) is 9.50. The molecule has 1 fully saturated rings. The van der Waals surface area contributed by atoms with Gasteiger partial charge in [-0.2, -0.15) is 0 Å². The van der Waals surface area contributed by atoms with Gasteiger partial charge in [0.05, 0.1) is 6.10 Å². The Morgan fingerprint density at radius 3 is 2.65 bits per heavy atom. The van der Waals surface area contributed by atoms with Gasteiger partial charge in [0.1, 0.15) is 17.4 Å². The molecule has 92 valence electrons. The third kappa shape index (κ3) is 2.77. The highest BCUT2D eigenvalue weighted by molar-refractivity contribution is 5.90. The van der Waals surface area contributed by atoms with E-state index in [4.69, 9.17) is 9.84 Å². The minimum atomic E-state index is -1.01. The minimum absolute atomic E-state index is 0.144. The van der Waals surface area contributed by atoms with Crippen molar-refractivity contribution in [3.05, 3.63) is 29.8 Å². The topological polar surface area (TPSA) is 66.8 Å². The van der Waals surface area contributed by atoms with Gasteiger partial charge >= 0.3 is 5.97 Å². The number of carboxylic acids is 1. The van der Waals surface area contributed by atoms with Crippen LogP contribution >= 0.6 is 0 Å². The van der Waals surface area contributed by atoms with Gasteiger partial charge in [0.25, 0.3) is 0 Å². The van der Waals surface area contributed by atoms with E-state index >= 15 is 0 Å². The molecule has 0 heterocycles. The van der Waals surface area contributed by atoms with Gasteiger partial charge in [-0.3, -0.25) is 0 Å². The lowest BCUT2D eigenvalue weighted by molar-refractivity contribution is 0.00606. The van der Waals surface area contributed by atoms with Gasteiger partial charge in [0.2, 0.25) is 0 Å². The number of hydrogen-bond donors (Lipinski definition) is 2. The van der Waals surface area contributed by atoms with Crippen molar-refractivity contribution in [2.75, 3.05) is 0 Å². The number of para-hydroxylation sites is 1. The molecule has 0 amide bonds. The number of aliphatic hydroxyl groups excluding tert-OH is 1. The molecule has 2 unspecified atom stereocenters. The third-order valence-corrected chi connectivity index (χ3v) is 3.06. The fourth-order valence-corrected chi connectivity index (χ4v) is 2.12. The lowest BCUT2D eigenvalue weighted by Crippen LogP contribution is -2.35. The van der Waals surface area contributed by atoms with Crippen LogP contribution in [0.25, 0.3) is 0 Å². The smallest absolute Gasteiger partial charge is 0.339 e. The Bertz CT molecular complexity index is 402. The van der Waals surface area contributed by atoms with Crippen LogP contribution in [0.4, 0.5) is 0 Å². The van der Waals surface area contributed by atoms with Crippen LogP contribution in [0.3, 0.4) is 0 Å². The summed E-state index contributed by atoms with van der Waals surface area (Å²) in [6.45, 7) is 0. The van der Waals surface area contributed by atoms with Crippen molar-refractivity contribution in [3.63, 3.8) is 0 Å². The summed E-state index contributed by atoms with van der Waals surface area (Å²) < 4.78 is 5.63. The average molecular weight is 236 g/mol. The van der Waals surface area contributed by atoms with Crippen LogP contribution in [0.2, 0.25) is 0 Å². The number of carboxylic acid groups (broad SMARTS) is 1. The van der Waals surface area contributed by atoms with E-state index in [2.05, 4.69) is 0 Å². The molecule has 1 aromatic rings. The van der Waals surface area contributed by atoms with Crippen LogP contribution < -0.4 is 4.74 Å². The van der Waals surface area contributed by atoms with Crippen LogP contribution in [0.5, 0.6) is 5.75 Å². The number of aliphatic hydroxyl groups is 1. The van der Waals surface area contributed by atoms with Crippen LogP contribution in [0.1, 0.15) is 36.0 Å². The molecular weight excluding hydrogens is 220 g/mol. The van der Waals surface area contributed by atoms with Crippen LogP contribution in [0.15, 0.2) is 24.3 Å².